The van der Waals surface area contributed by atoms with Gasteiger partial charge >= 0.3 is 0 Å². The molecule has 0 spiro atoms. The Hall–Kier alpha value is -1.88. The molecule has 106 valence electrons. The number of aryl methyl sites for hydroxylation is 1. The van der Waals surface area contributed by atoms with Crippen LogP contribution in [0.1, 0.15) is 42.5 Å². The van der Waals surface area contributed by atoms with Gasteiger partial charge in [0, 0.05) is 22.7 Å². The van der Waals surface area contributed by atoms with Crippen LogP contribution in [0, 0.1) is 6.92 Å². The summed E-state index contributed by atoms with van der Waals surface area (Å²) in [5.41, 5.74) is 1.69. The van der Waals surface area contributed by atoms with Gasteiger partial charge in [-0.25, -0.2) is 4.98 Å². The molecule has 2 heterocycles. The van der Waals surface area contributed by atoms with E-state index in [9.17, 15) is 4.79 Å². The number of hydrogen-bond acceptors (Lipinski definition) is 4. The lowest BCUT2D eigenvalue weighted by Gasteiger charge is -2.18. The Labute approximate surface area is 122 Å². The standard InChI is InChI=1S/C14H16ClN3O2/c1-8-5-12(20-18-8)17-13(19)9-6-10(14(2,3)4)16-11(15)7-9/h5-7H,1-4H3,(H,17,19). The van der Waals surface area contributed by atoms with Gasteiger partial charge in [0.1, 0.15) is 5.15 Å². The molecule has 1 amide bonds. The molecule has 2 aromatic rings. The first kappa shape index (κ1) is 14.5. The van der Waals surface area contributed by atoms with Crippen molar-refractivity contribution in [2.24, 2.45) is 0 Å². The first-order valence-electron chi connectivity index (χ1n) is 6.18. The summed E-state index contributed by atoms with van der Waals surface area (Å²) in [6, 6.07) is 4.89. The minimum atomic E-state index is -0.309. The number of amides is 1. The van der Waals surface area contributed by atoms with Gasteiger partial charge in [-0.15, -0.1) is 0 Å². The minimum absolute atomic E-state index is 0.192. The van der Waals surface area contributed by atoms with Gasteiger partial charge in [0.2, 0.25) is 5.88 Å². The van der Waals surface area contributed by atoms with E-state index in [1.165, 1.54) is 6.07 Å². The van der Waals surface area contributed by atoms with Gasteiger partial charge in [-0.2, -0.15) is 0 Å². The molecular weight excluding hydrogens is 278 g/mol. The number of pyridine rings is 1. The van der Waals surface area contributed by atoms with Gasteiger partial charge in [0.05, 0.1) is 5.69 Å². The van der Waals surface area contributed by atoms with E-state index in [4.69, 9.17) is 16.1 Å². The first-order chi connectivity index (χ1) is 9.25. The Bertz CT molecular complexity index is 644. The van der Waals surface area contributed by atoms with Gasteiger partial charge in [-0.3, -0.25) is 10.1 Å². The van der Waals surface area contributed by atoms with Crippen LogP contribution in [-0.2, 0) is 5.41 Å². The van der Waals surface area contributed by atoms with Gasteiger partial charge < -0.3 is 4.52 Å². The molecule has 0 aliphatic carbocycles. The van der Waals surface area contributed by atoms with Gasteiger partial charge in [0.25, 0.3) is 5.91 Å². The van der Waals surface area contributed by atoms with Gasteiger partial charge in [0.15, 0.2) is 0 Å². The normalized spacial score (nSPS) is 11.4. The summed E-state index contributed by atoms with van der Waals surface area (Å²) in [4.78, 5) is 16.4. The van der Waals surface area contributed by atoms with Crippen molar-refractivity contribution in [1.82, 2.24) is 10.1 Å². The number of halogens is 1. The third-order valence-corrected chi connectivity index (χ3v) is 2.88. The van der Waals surface area contributed by atoms with E-state index in [0.717, 1.165) is 5.69 Å². The summed E-state index contributed by atoms with van der Waals surface area (Å²) in [7, 11) is 0. The maximum atomic E-state index is 12.2. The zero-order valence-corrected chi connectivity index (χ0v) is 12.6. The van der Waals surface area contributed by atoms with Crippen molar-refractivity contribution in [3.63, 3.8) is 0 Å². The van der Waals surface area contributed by atoms with Gasteiger partial charge in [-0.05, 0) is 19.1 Å². The third kappa shape index (κ3) is 3.36. The molecule has 0 unspecified atom stereocenters. The predicted molar refractivity (Wildman–Crippen MR) is 77.1 cm³/mol. The first-order valence-corrected chi connectivity index (χ1v) is 6.56. The van der Waals surface area contributed by atoms with E-state index in [0.29, 0.717) is 17.1 Å². The van der Waals surface area contributed by atoms with E-state index in [2.05, 4.69) is 15.5 Å². The highest BCUT2D eigenvalue weighted by molar-refractivity contribution is 6.29. The van der Waals surface area contributed by atoms with Crippen LogP contribution in [0.3, 0.4) is 0 Å². The summed E-state index contributed by atoms with van der Waals surface area (Å²) in [5, 5.41) is 6.63. The topological polar surface area (TPSA) is 68.0 Å². The number of carbonyl (C=O) groups is 1. The van der Waals surface area contributed by atoms with Gasteiger partial charge in [-0.1, -0.05) is 37.5 Å². The van der Waals surface area contributed by atoms with Crippen LogP contribution in [0.2, 0.25) is 5.15 Å². The van der Waals surface area contributed by atoms with Crippen LogP contribution in [0.15, 0.2) is 22.7 Å². The Morgan fingerprint density at radius 2 is 2.00 bits per heavy atom. The fourth-order valence-corrected chi connectivity index (χ4v) is 1.83. The molecular formula is C14H16ClN3O2. The fraction of sp³-hybridized carbons (Fsp3) is 0.357. The average molecular weight is 294 g/mol. The van der Waals surface area contributed by atoms with Crippen molar-refractivity contribution in [3.05, 3.63) is 40.3 Å². The van der Waals surface area contributed by atoms with E-state index in [1.807, 2.05) is 20.8 Å². The Balaban J connectivity index is 2.28. The van der Waals surface area contributed by atoms with E-state index in [1.54, 1.807) is 19.1 Å². The zero-order valence-electron chi connectivity index (χ0n) is 11.8. The number of carbonyl (C=O) groups excluding carboxylic acids is 1. The summed E-state index contributed by atoms with van der Waals surface area (Å²) in [6.07, 6.45) is 0. The Morgan fingerprint density at radius 1 is 1.30 bits per heavy atom. The number of anilines is 1. The van der Waals surface area contributed by atoms with Crippen LogP contribution >= 0.6 is 11.6 Å². The number of nitrogens with zero attached hydrogens (tertiary/aromatic N) is 2. The molecule has 0 saturated heterocycles. The van der Waals surface area contributed by atoms with Crippen molar-refractivity contribution >= 4 is 23.4 Å². The molecule has 0 radical (unpaired) electrons. The maximum absolute atomic E-state index is 12.2. The van der Waals surface area contributed by atoms with E-state index >= 15 is 0 Å². The highest BCUT2D eigenvalue weighted by Gasteiger charge is 2.19. The summed E-state index contributed by atoms with van der Waals surface area (Å²) in [5.74, 6) is -0.00584. The molecule has 0 aliphatic rings. The molecule has 1 N–H and O–H groups in total. The molecule has 5 nitrogen and oxygen atoms in total. The molecule has 0 saturated carbocycles. The smallest absolute Gasteiger partial charge is 0.258 e. The maximum Gasteiger partial charge on any atom is 0.258 e. The summed E-state index contributed by atoms with van der Waals surface area (Å²) >= 11 is 5.98. The molecule has 0 aromatic carbocycles. The van der Waals surface area contributed by atoms with Crippen LogP contribution in [0.25, 0.3) is 0 Å². The van der Waals surface area contributed by atoms with Crippen molar-refractivity contribution in [3.8, 4) is 0 Å². The molecule has 0 atom stereocenters. The zero-order chi connectivity index (χ0) is 14.9. The molecule has 0 aliphatic heterocycles. The monoisotopic (exact) mass is 293 g/mol. The minimum Gasteiger partial charge on any atom is -0.338 e. The van der Waals surface area contributed by atoms with Crippen LogP contribution in [0.5, 0.6) is 0 Å². The lowest BCUT2D eigenvalue weighted by Crippen LogP contribution is -2.17. The second-order valence-electron chi connectivity index (χ2n) is 5.60. The molecule has 20 heavy (non-hydrogen) atoms. The quantitative estimate of drug-likeness (QED) is 0.859. The Morgan fingerprint density at radius 3 is 2.55 bits per heavy atom. The predicted octanol–water partition coefficient (Wildman–Crippen LogP) is 3.58. The summed E-state index contributed by atoms with van der Waals surface area (Å²) in [6.45, 7) is 7.80. The van der Waals surface area contributed by atoms with E-state index in [-0.39, 0.29) is 16.5 Å². The number of nitrogens with one attached hydrogen (secondary N) is 1. The van der Waals surface area contributed by atoms with Crippen molar-refractivity contribution in [2.75, 3.05) is 5.32 Å². The lowest BCUT2D eigenvalue weighted by atomic mass is 9.91. The highest BCUT2D eigenvalue weighted by Crippen LogP contribution is 2.24. The van der Waals surface area contributed by atoms with Crippen molar-refractivity contribution in [1.29, 1.82) is 0 Å². The molecule has 2 aromatic heterocycles. The average Bonchev–Trinajstić information content (AvgIpc) is 2.72. The third-order valence-electron chi connectivity index (χ3n) is 2.69. The number of rotatable bonds is 2. The molecule has 0 fully saturated rings. The largest absolute Gasteiger partial charge is 0.338 e. The lowest BCUT2D eigenvalue weighted by molar-refractivity contribution is 0.102. The highest BCUT2D eigenvalue weighted by atomic mass is 35.5. The summed E-state index contributed by atoms with van der Waals surface area (Å²) < 4.78 is 4.95. The van der Waals surface area contributed by atoms with Crippen LogP contribution in [0.4, 0.5) is 5.88 Å². The number of aromatic nitrogens is 2. The van der Waals surface area contributed by atoms with Crippen molar-refractivity contribution < 1.29 is 9.32 Å². The fourth-order valence-electron chi connectivity index (χ4n) is 1.62. The van der Waals surface area contributed by atoms with E-state index < -0.39 is 0 Å². The van der Waals surface area contributed by atoms with Crippen LogP contribution in [-0.4, -0.2) is 16.0 Å². The molecule has 0 bridgehead atoms. The second-order valence-corrected chi connectivity index (χ2v) is 5.99. The molecule has 6 heteroatoms. The molecule has 2 rings (SSSR count). The van der Waals surface area contributed by atoms with Crippen LogP contribution < -0.4 is 5.32 Å². The number of hydrogen-bond donors (Lipinski definition) is 1. The Kier molecular flexibility index (Phi) is 3.81. The van der Waals surface area contributed by atoms with Crippen molar-refractivity contribution in [2.45, 2.75) is 33.1 Å². The second kappa shape index (κ2) is 5.25. The SMILES string of the molecule is Cc1cc(NC(=O)c2cc(Cl)nc(C(C)(C)C)c2)on1.